The van der Waals surface area contributed by atoms with Crippen LogP contribution in [0, 0.1) is 0 Å². The number of anilines is 3. The number of aromatic nitrogens is 3. The molecule has 3 aromatic rings. The van der Waals surface area contributed by atoms with Crippen LogP contribution in [0.3, 0.4) is 0 Å². The van der Waals surface area contributed by atoms with Crippen LogP contribution in [0.2, 0.25) is 0 Å². The summed E-state index contributed by atoms with van der Waals surface area (Å²) in [5.41, 5.74) is 5.94. The SMILES string of the molecule is Nc1nc(C=CCCO)cc(Nc2ccc(Oc3ccnc(C(F)(F)F)c3)cc2)n1. The lowest BCUT2D eigenvalue weighted by atomic mass is 10.2. The van der Waals surface area contributed by atoms with Crippen LogP contribution < -0.4 is 15.8 Å². The number of nitrogens with two attached hydrogens (primary N) is 1. The van der Waals surface area contributed by atoms with E-state index >= 15 is 0 Å². The Morgan fingerprint density at radius 1 is 1.07 bits per heavy atom. The number of aliphatic hydroxyl groups excluding tert-OH is 1. The first kappa shape index (κ1) is 21.1. The Morgan fingerprint density at radius 2 is 1.83 bits per heavy atom. The molecule has 0 amide bonds. The maximum Gasteiger partial charge on any atom is 0.433 e. The minimum atomic E-state index is -4.54. The van der Waals surface area contributed by atoms with Crippen molar-refractivity contribution in [3.05, 3.63) is 66.1 Å². The van der Waals surface area contributed by atoms with E-state index < -0.39 is 11.9 Å². The number of nitrogens with one attached hydrogen (secondary N) is 1. The molecule has 0 atom stereocenters. The van der Waals surface area contributed by atoms with Crippen LogP contribution >= 0.6 is 0 Å². The van der Waals surface area contributed by atoms with Gasteiger partial charge in [-0.3, -0.25) is 4.98 Å². The number of benzene rings is 1. The molecule has 0 aliphatic heterocycles. The lowest BCUT2D eigenvalue weighted by Gasteiger charge is -2.10. The van der Waals surface area contributed by atoms with Crippen LogP contribution in [0.25, 0.3) is 6.08 Å². The summed E-state index contributed by atoms with van der Waals surface area (Å²) in [4.78, 5) is 11.5. The van der Waals surface area contributed by atoms with Crippen LogP contribution in [0.5, 0.6) is 11.5 Å². The van der Waals surface area contributed by atoms with Gasteiger partial charge in [-0.05, 0) is 42.8 Å². The Balaban J connectivity index is 1.69. The second-order valence-electron chi connectivity index (χ2n) is 6.08. The fraction of sp³-hybridized carbons (Fsp3) is 0.150. The van der Waals surface area contributed by atoms with Gasteiger partial charge in [0.15, 0.2) is 0 Å². The molecule has 4 N–H and O–H groups in total. The summed E-state index contributed by atoms with van der Waals surface area (Å²) >= 11 is 0. The molecule has 0 fully saturated rings. The second-order valence-corrected chi connectivity index (χ2v) is 6.08. The number of aliphatic hydroxyl groups is 1. The highest BCUT2D eigenvalue weighted by Gasteiger charge is 2.32. The van der Waals surface area contributed by atoms with Crippen LogP contribution in [0.15, 0.2) is 54.7 Å². The van der Waals surface area contributed by atoms with Gasteiger partial charge in [-0.15, -0.1) is 0 Å². The molecule has 0 unspecified atom stereocenters. The summed E-state index contributed by atoms with van der Waals surface area (Å²) in [7, 11) is 0. The van der Waals surface area contributed by atoms with Gasteiger partial charge in [0.25, 0.3) is 0 Å². The molecule has 2 aromatic heterocycles. The van der Waals surface area contributed by atoms with Crippen molar-refractivity contribution in [1.29, 1.82) is 0 Å². The molecular formula is C20H18F3N5O2. The van der Waals surface area contributed by atoms with Gasteiger partial charge < -0.3 is 20.9 Å². The Kier molecular flexibility index (Phi) is 6.48. The quantitative estimate of drug-likeness (QED) is 0.523. The van der Waals surface area contributed by atoms with Gasteiger partial charge in [-0.2, -0.15) is 18.2 Å². The molecule has 0 bridgehead atoms. The fourth-order valence-corrected chi connectivity index (χ4v) is 2.43. The number of hydrogen-bond acceptors (Lipinski definition) is 7. The summed E-state index contributed by atoms with van der Waals surface area (Å²) < 4.78 is 43.7. The molecule has 0 saturated carbocycles. The maximum absolute atomic E-state index is 12.7. The van der Waals surface area contributed by atoms with E-state index in [2.05, 4.69) is 20.3 Å². The number of rotatable bonds is 7. The Labute approximate surface area is 170 Å². The first-order valence-electron chi connectivity index (χ1n) is 8.83. The third-order valence-corrected chi connectivity index (χ3v) is 3.73. The lowest BCUT2D eigenvalue weighted by molar-refractivity contribution is -0.141. The molecule has 0 aliphatic rings. The average Bonchev–Trinajstić information content (AvgIpc) is 2.69. The van der Waals surface area contributed by atoms with E-state index in [1.54, 1.807) is 42.5 Å². The van der Waals surface area contributed by atoms with Gasteiger partial charge in [0.2, 0.25) is 5.95 Å². The van der Waals surface area contributed by atoms with E-state index in [9.17, 15) is 13.2 Å². The number of halogens is 3. The number of hydrogen-bond donors (Lipinski definition) is 3. The van der Waals surface area contributed by atoms with Crippen molar-refractivity contribution in [2.75, 3.05) is 17.7 Å². The molecule has 7 nitrogen and oxygen atoms in total. The predicted molar refractivity (Wildman–Crippen MR) is 106 cm³/mol. The zero-order valence-corrected chi connectivity index (χ0v) is 15.6. The van der Waals surface area contributed by atoms with E-state index in [0.29, 0.717) is 29.4 Å². The second kappa shape index (κ2) is 9.23. The van der Waals surface area contributed by atoms with Gasteiger partial charge >= 0.3 is 6.18 Å². The molecule has 0 radical (unpaired) electrons. The molecule has 156 valence electrons. The summed E-state index contributed by atoms with van der Waals surface area (Å²) in [5.74, 6) is 0.932. The third-order valence-electron chi connectivity index (χ3n) is 3.73. The van der Waals surface area contributed by atoms with Crippen molar-refractivity contribution >= 4 is 23.5 Å². The monoisotopic (exact) mass is 417 g/mol. The first-order valence-corrected chi connectivity index (χ1v) is 8.83. The zero-order valence-electron chi connectivity index (χ0n) is 15.6. The van der Waals surface area contributed by atoms with E-state index in [0.717, 1.165) is 12.3 Å². The minimum absolute atomic E-state index is 0.0286. The fourth-order valence-electron chi connectivity index (χ4n) is 2.43. The van der Waals surface area contributed by atoms with Crippen LogP contribution in [-0.2, 0) is 6.18 Å². The Hall–Kier alpha value is -3.66. The highest BCUT2D eigenvalue weighted by Crippen LogP contribution is 2.31. The molecule has 2 heterocycles. The minimum Gasteiger partial charge on any atom is -0.457 e. The van der Waals surface area contributed by atoms with E-state index in [1.807, 2.05) is 0 Å². The van der Waals surface area contributed by atoms with Gasteiger partial charge in [0.1, 0.15) is 23.0 Å². The third kappa shape index (κ3) is 5.92. The van der Waals surface area contributed by atoms with Crippen LogP contribution in [0.4, 0.5) is 30.6 Å². The van der Waals surface area contributed by atoms with E-state index in [4.69, 9.17) is 15.6 Å². The van der Waals surface area contributed by atoms with Crippen molar-refractivity contribution in [1.82, 2.24) is 15.0 Å². The van der Waals surface area contributed by atoms with Crippen molar-refractivity contribution in [3.8, 4) is 11.5 Å². The van der Waals surface area contributed by atoms with Crippen LogP contribution in [-0.4, -0.2) is 26.7 Å². The summed E-state index contributed by atoms with van der Waals surface area (Å²) in [6.45, 7) is 0.0353. The molecule has 3 rings (SSSR count). The molecular weight excluding hydrogens is 399 g/mol. The first-order chi connectivity index (χ1) is 14.3. The summed E-state index contributed by atoms with van der Waals surface area (Å²) in [5, 5.41) is 11.9. The number of alkyl halides is 3. The average molecular weight is 417 g/mol. The molecule has 10 heteroatoms. The van der Waals surface area contributed by atoms with Crippen molar-refractivity contribution in [3.63, 3.8) is 0 Å². The lowest BCUT2D eigenvalue weighted by Crippen LogP contribution is -2.07. The van der Waals surface area contributed by atoms with Crippen molar-refractivity contribution in [2.45, 2.75) is 12.6 Å². The smallest absolute Gasteiger partial charge is 0.433 e. The number of pyridine rings is 1. The molecule has 0 saturated heterocycles. The summed E-state index contributed by atoms with van der Waals surface area (Å²) in [6.07, 6.45) is 0.482. The number of ether oxygens (including phenoxy) is 1. The zero-order chi connectivity index (χ0) is 21.6. The molecule has 1 aromatic carbocycles. The molecule has 30 heavy (non-hydrogen) atoms. The van der Waals surface area contributed by atoms with Gasteiger partial charge in [0.05, 0.1) is 5.69 Å². The topological polar surface area (TPSA) is 106 Å². The largest absolute Gasteiger partial charge is 0.457 e. The standard InChI is InChI=1S/C20H18F3N5O2/c21-20(22,23)17-12-16(8-9-25-17)30-15-6-4-13(5-7-15)26-18-11-14(3-1-2-10-29)27-19(24)28-18/h1,3-9,11-12,29H,2,10H2,(H3,24,26,27,28). The predicted octanol–water partition coefficient (Wildman–Crippen LogP) is 4.40. The van der Waals surface area contributed by atoms with Gasteiger partial charge in [-0.25, -0.2) is 4.98 Å². The number of nitrogens with zero attached hydrogens (tertiary/aromatic N) is 3. The highest BCUT2D eigenvalue weighted by molar-refractivity contribution is 5.61. The van der Waals surface area contributed by atoms with Gasteiger partial charge in [-0.1, -0.05) is 6.08 Å². The van der Waals surface area contributed by atoms with E-state index in [1.165, 1.54) is 6.07 Å². The van der Waals surface area contributed by atoms with E-state index in [-0.39, 0.29) is 18.3 Å². The number of nitrogen functional groups attached to an aromatic ring is 1. The van der Waals surface area contributed by atoms with Gasteiger partial charge in [0, 0.05) is 30.6 Å². The molecule has 0 aliphatic carbocycles. The van der Waals surface area contributed by atoms with Crippen LogP contribution in [0.1, 0.15) is 17.8 Å². The Bertz CT molecular complexity index is 1020. The molecule has 0 spiro atoms. The normalized spacial score (nSPS) is 11.6. The Morgan fingerprint density at radius 3 is 2.53 bits per heavy atom. The highest BCUT2D eigenvalue weighted by atomic mass is 19.4. The van der Waals surface area contributed by atoms with Crippen molar-refractivity contribution in [2.24, 2.45) is 0 Å². The maximum atomic E-state index is 12.7. The van der Waals surface area contributed by atoms with Crippen molar-refractivity contribution < 1.29 is 23.0 Å². The summed E-state index contributed by atoms with van der Waals surface area (Å²) in [6, 6.07) is 10.4.